The first kappa shape index (κ1) is 19.1. The minimum absolute atomic E-state index is 0.258. The molecule has 0 spiro atoms. The molecule has 136 valence electrons. The number of anilines is 1. The van der Waals surface area contributed by atoms with Crippen molar-refractivity contribution >= 4 is 23.6 Å². The highest BCUT2D eigenvalue weighted by atomic mass is 16.5. The van der Waals surface area contributed by atoms with E-state index in [9.17, 15) is 9.59 Å². The maximum absolute atomic E-state index is 12.1. The minimum Gasteiger partial charge on any atom is -0.490 e. The molecular formula is C20H22N2O4. The van der Waals surface area contributed by atoms with E-state index in [-0.39, 0.29) is 11.5 Å². The molecule has 0 aromatic heterocycles. The molecule has 26 heavy (non-hydrogen) atoms. The second-order valence-corrected chi connectivity index (χ2v) is 5.30. The number of nitrogens with two attached hydrogens (primary N) is 1. The van der Waals surface area contributed by atoms with Crippen LogP contribution in [0.5, 0.6) is 11.5 Å². The molecule has 0 fully saturated rings. The summed E-state index contributed by atoms with van der Waals surface area (Å²) in [6.45, 7) is 4.84. The van der Waals surface area contributed by atoms with Crippen molar-refractivity contribution in [2.75, 3.05) is 18.5 Å². The van der Waals surface area contributed by atoms with Crippen LogP contribution in [0.3, 0.4) is 0 Å². The number of rotatable bonds is 8. The van der Waals surface area contributed by atoms with E-state index in [0.717, 1.165) is 5.56 Å². The van der Waals surface area contributed by atoms with Crippen LogP contribution < -0.4 is 20.5 Å². The van der Waals surface area contributed by atoms with Crippen LogP contribution in [-0.2, 0) is 4.79 Å². The van der Waals surface area contributed by atoms with Gasteiger partial charge in [0.05, 0.1) is 24.5 Å². The van der Waals surface area contributed by atoms with Gasteiger partial charge in [-0.3, -0.25) is 9.59 Å². The summed E-state index contributed by atoms with van der Waals surface area (Å²) < 4.78 is 11.1. The predicted octanol–water partition coefficient (Wildman–Crippen LogP) is 3.23. The van der Waals surface area contributed by atoms with E-state index < -0.39 is 5.91 Å². The predicted molar refractivity (Wildman–Crippen MR) is 101 cm³/mol. The van der Waals surface area contributed by atoms with Crippen molar-refractivity contribution in [2.24, 2.45) is 5.73 Å². The fraction of sp³-hybridized carbons (Fsp3) is 0.200. The maximum atomic E-state index is 12.1. The Labute approximate surface area is 152 Å². The van der Waals surface area contributed by atoms with Gasteiger partial charge in [0, 0.05) is 6.08 Å². The normalized spacial score (nSPS) is 10.5. The fourth-order valence-corrected chi connectivity index (χ4v) is 2.32. The lowest BCUT2D eigenvalue weighted by molar-refractivity contribution is -0.111. The van der Waals surface area contributed by atoms with E-state index in [1.807, 2.05) is 19.9 Å². The Hall–Kier alpha value is -3.28. The molecule has 0 bridgehead atoms. The molecule has 0 radical (unpaired) electrons. The summed E-state index contributed by atoms with van der Waals surface area (Å²) in [5.74, 6) is 0.311. The zero-order chi connectivity index (χ0) is 18.9. The zero-order valence-electron chi connectivity index (χ0n) is 14.8. The number of hydrogen-bond donors (Lipinski definition) is 2. The number of hydrogen-bond acceptors (Lipinski definition) is 4. The molecule has 0 saturated heterocycles. The first-order valence-electron chi connectivity index (χ1n) is 8.32. The summed E-state index contributed by atoms with van der Waals surface area (Å²) in [5.41, 5.74) is 6.72. The van der Waals surface area contributed by atoms with Crippen LogP contribution in [0.15, 0.2) is 48.5 Å². The number of ether oxygens (including phenoxy) is 2. The van der Waals surface area contributed by atoms with Gasteiger partial charge in [0.15, 0.2) is 11.5 Å². The summed E-state index contributed by atoms with van der Waals surface area (Å²) in [6, 6.07) is 12.0. The van der Waals surface area contributed by atoms with Crippen LogP contribution in [0.25, 0.3) is 6.08 Å². The average Bonchev–Trinajstić information content (AvgIpc) is 2.62. The lowest BCUT2D eigenvalue weighted by atomic mass is 10.1. The van der Waals surface area contributed by atoms with Gasteiger partial charge in [-0.2, -0.15) is 0 Å². The fourth-order valence-electron chi connectivity index (χ4n) is 2.32. The van der Waals surface area contributed by atoms with E-state index in [0.29, 0.717) is 30.4 Å². The molecule has 0 aliphatic heterocycles. The van der Waals surface area contributed by atoms with Crippen molar-refractivity contribution in [3.8, 4) is 11.5 Å². The number of nitrogens with one attached hydrogen (secondary N) is 1. The third-order valence-electron chi connectivity index (χ3n) is 3.45. The summed E-state index contributed by atoms with van der Waals surface area (Å²) in [7, 11) is 0. The van der Waals surface area contributed by atoms with E-state index in [1.165, 1.54) is 6.08 Å². The van der Waals surface area contributed by atoms with E-state index >= 15 is 0 Å². The highest BCUT2D eigenvalue weighted by Gasteiger charge is 2.09. The maximum Gasteiger partial charge on any atom is 0.250 e. The number of benzene rings is 2. The van der Waals surface area contributed by atoms with E-state index in [4.69, 9.17) is 15.2 Å². The monoisotopic (exact) mass is 354 g/mol. The second-order valence-electron chi connectivity index (χ2n) is 5.30. The third-order valence-corrected chi connectivity index (χ3v) is 3.45. The number of carbonyl (C=O) groups is 2. The molecule has 0 atom stereocenters. The standard InChI is InChI=1S/C20H22N2O4/c1-3-25-17-11-9-14(13-18(17)26-4-2)10-12-19(23)22-16-8-6-5-7-15(16)20(21)24/h5-13H,3-4H2,1-2H3,(H2,21,24)(H,22,23)/b12-10+. The van der Waals surface area contributed by atoms with Crippen molar-refractivity contribution in [1.29, 1.82) is 0 Å². The number of carbonyl (C=O) groups excluding carboxylic acids is 2. The van der Waals surface area contributed by atoms with E-state index in [2.05, 4.69) is 5.32 Å². The lowest BCUT2D eigenvalue weighted by Gasteiger charge is -2.11. The zero-order valence-corrected chi connectivity index (χ0v) is 14.8. The molecule has 0 aliphatic carbocycles. The van der Waals surface area contributed by atoms with Crippen molar-refractivity contribution in [3.63, 3.8) is 0 Å². The summed E-state index contributed by atoms with van der Waals surface area (Å²) in [5, 5.41) is 2.65. The van der Waals surface area contributed by atoms with Gasteiger partial charge in [0.1, 0.15) is 0 Å². The first-order chi connectivity index (χ1) is 12.5. The van der Waals surface area contributed by atoms with Gasteiger partial charge in [-0.25, -0.2) is 0 Å². The van der Waals surface area contributed by atoms with Crippen LogP contribution in [-0.4, -0.2) is 25.0 Å². The summed E-state index contributed by atoms with van der Waals surface area (Å²) >= 11 is 0. The van der Waals surface area contributed by atoms with E-state index in [1.54, 1.807) is 42.5 Å². The number of para-hydroxylation sites is 1. The molecule has 2 rings (SSSR count). The van der Waals surface area contributed by atoms with Crippen molar-refractivity contribution in [1.82, 2.24) is 0 Å². The van der Waals surface area contributed by atoms with Crippen LogP contribution in [0, 0.1) is 0 Å². The molecule has 3 N–H and O–H groups in total. The Kier molecular flexibility index (Phi) is 6.79. The smallest absolute Gasteiger partial charge is 0.250 e. The SMILES string of the molecule is CCOc1ccc(/C=C/C(=O)Nc2ccccc2C(N)=O)cc1OCC. The quantitative estimate of drug-likeness (QED) is 0.712. The van der Waals surface area contributed by atoms with Gasteiger partial charge in [0.25, 0.3) is 5.91 Å². The largest absolute Gasteiger partial charge is 0.490 e. The Bertz CT molecular complexity index is 815. The number of amides is 2. The second kappa shape index (κ2) is 9.27. The van der Waals surface area contributed by atoms with Gasteiger partial charge in [-0.05, 0) is 49.8 Å². The lowest BCUT2D eigenvalue weighted by Crippen LogP contribution is -2.16. The third kappa shape index (κ3) is 5.11. The molecule has 6 heteroatoms. The van der Waals surface area contributed by atoms with Gasteiger partial charge in [-0.1, -0.05) is 18.2 Å². The highest BCUT2D eigenvalue weighted by molar-refractivity contribution is 6.07. The van der Waals surface area contributed by atoms with Crippen molar-refractivity contribution < 1.29 is 19.1 Å². The van der Waals surface area contributed by atoms with Gasteiger partial charge < -0.3 is 20.5 Å². The molecule has 2 amide bonds. The van der Waals surface area contributed by atoms with Crippen molar-refractivity contribution in [2.45, 2.75) is 13.8 Å². The average molecular weight is 354 g/mol. The molecule has 0 saturated carbocycles. The Morgan fingerprint density at radius 3 is 2.42 bits per heavy atom. The summed E-state index contributed by atoms with van der Waals surface area (Å²) in [6.07, 6.45) is 3.03. The van der Waals surface area contributed by atoms with Crippen LogP contribution in [0.1, 0.15) is 29.8 Å². The van der Waals surface area contributed by atoms with Crippen LogP contribution in [0.2, 0.25) is 0 Å². The topological polar surface area (TPSA) is 90.6 Å². The molecule has 0 heterocycles. The summed E-state index contributed by atoms with van der Waals surface area (Å²) in [4.78, 5) is 23.5. The number of primary amides is 1. The molecular weight excluding hydrogens is 332 g/mol. The van der Waals surface area contributed by atoms with Crippen LogP contribution >= 0.6 is 0 Å². The first-order valence-corrected chi connectivity index (χ1v) is 8.32. The minimum atomic E-state index is -0.599. The van der Waals surface area contributed by atoms with Gasteiger partial charge in [0.2, 0.25) is 5.91 Å². The molecule has 2 aromatic rings. The van der Waals surface area contributed by atoms with Gasteiger partial charge >= 0.3 is 0 Å². The van der Waals surface area contributed by atoms with Crippen LogP contribution in [0.4, 0.5) is 5.69 Å². The molecule has 0 unspecified atom stereocenters. The molecule has 2 aromatic carbocycles. The highest BCUT2D eigenvalue weighted by Crippen LogP contribution is 2.29. The molecule has 0 aliphatic rings. The molecule has 6 nitrogen and oxygen atoms in total. The van der Waals surface area contributed by atoms with Crippen molar-refractivity contribution in [3.05, 3.63) is 59.7 Å². The Morgan fingerprint density at radius 1 is 1.04 bits per heavy atom. The Morgan fingerprint density at radius 2 is 1.73 bits per heavy atom. The Balaban J connectivity index is 2.13. The van der Waals surface area contributed by atoms with Gasteiger partial charge in [-0.15, -0.1) is 0 Å².